The van der Waals surface area contributed by atoms with Gasteiger partial charge in [-0.3, -0.25) is 9.69 Å². The van der Waals surface area contributed by atoms with Gasteiger partial charge in [-0.1, -0.05) is 98.1 Å². The Morgan fingerprint density at radius 3 is 2.11 bits per heavy atom. The van der Waals surface area contributed by atoms with Gasteiger partial charge in [-0.05, 0) is 70.8 Å². The minimum absolute atomic E-state index is 0.0929. The highest BCUT2D eigenvalue weighted by Gasteiger charge is 2.39. The summed E-state index contributed by atoms with van der Waals surface area (Å²) >= 11 is 0. The number of aliphatic carboxylic acids is 1. The Bertz CT molecular complexity index is 1640. The smallest absolute Gasteiger partial charge is 0.376 e. The summed E-state index contributed by atoms with van der Waals surface area (Å²) in [5.41, 5.74) is 5.84. The molecule has 0 radical (unpaired) electrons. The average Bonchev–Trinajstić information content (AvgIpc) is 3.09. The summed E-state index contributed by atoms with van der Waals surface area (Å²) < 4.78 is 26.8. The summed E-state index contributed by atoms with van der Waals surface area (Å²) in [4.78, 5) is 38.5. The van der Waals surface area contributed by atoms with E-state index in [1.807, 2.05) is 72.0 Å². The lowest BCUT2D eigenvalue weighted by molar-refractivity contribution is -0.163. The lowest BCUT2D eigenvalue weighted by atomic mass is 9.84. The van der Waals surface area contributed by atoms with Crippen LogP contribution in [0, 0.1) is 0 Å². The molecule has 0 aliphatic heterocycles. The molecule has 0 atom stereocenters. The van der Waals surface area contributed by atoms with Crippen LogP contribution in [0.1, 0.15) is 65.1 Å². The Morgan fingerprint density at radius 1 is 0.783 bits per heavy atom. The van der Waals surface area contributed by atoms with E-state index < -0.39 is 24.3 Å². The van der Waals surface area contributed by atoms with Crippen LogP contribution in [-0.2, 0) is 17.9 Å². The Balaban J connectivity index is 1.33. The minimum atomic E-state index is -4.07. The minimum Gasteiger partial charge on any atom is -0.477 e. The lowest BCUT2D eigenvalue weighted by Gasteiger charge is -2.26. The molecule has 3 amide bonds. The van der Waals surface area contributed by atoms with E-state index >= 15 is 0 Å². The third kappa shape index (κ3) is 8.15. The van der Waals surface area contributed by atoms with Crippen molar-refractivity contribution in [2.24, 2.45) is 0 Å². The number of rotatable bonds is 11. The monoisotopic (exact) mass is 625 g/mol. The topological polar surface area (TPSA) is 98.7 Å². The zero-order valence-corrected chi connectivity index (χ0v) is 25.4. The second kappa shape index (κ2) is 14.8. The van der Waals surface area contributed by atoms with Crippen LogP contribution in [0.5, 0.6) is 0 Å². The van der Waals surface area contributed by atoms with Crippen LogP contribution in [-0.4, -0.2) is 35.5 Å². The van der Waals surface area contributed by atoms with E-state index in [0.29, 0.717) is 23.7 Å². The number of hydrogen-bond acceptors (Lipinski definition) is 3. The third-order valence-electron chi connectivity index (χ3n) is 8.40. The third-order valence-corrected chi connectivity index (χ3v) is 8.40. The number of benzene rings is 4. The normalized spacial score (nSPS) is 13.5. The Hall–Kier alpha value is -5.05. The number of amides is 3. The van der Waals surface area contributed by atoms with Crippen LogP contribution in [0.15, 0.2) is 103 Å². The van der Waals surface area contributed by atoms with Crippen molar-refractivity contribution in [3.63, 3.8) is 0 Å². The van der Waals surface area contributed by atoms with E-state index in [1.165, 1.54) is 37.0 Å². The number of carboxylic acid groups (broad SMARTS) is 1. The van der Waals surface area contributed by atoms with Crippen molar-refractivity contribution in [1.82, 2.24) is 10.6 Å². The second-order valence-corrected chi connectivity index (χ2v) is 11.6. The molecule has 9 heteroatoms. The fraction of sp³-hybridized carbons (Fsp3) is 0.270. The van der Waals surface area contributed by atoms with Gasteiger partial charge < -0.3 is 15.7 Å². The van der Waals surface area contributed by atoms with Gasteiger partial charge in [0.15, 0.2) is 0 Å². The number of halogens is 2. The first kappa shape index (κ1) is 32.3. The summed E-state index contributed by atoms with van der Waals surface area (Å²) in [7, 11) is 0. The van der Waals surface area contributed by atoms with Crippen LogP contribution >= 0.6 is 0 Å². The van der Waals surface area contributed by atoms with Crippen molar-refractivity contribution in [1.29, 1.82) is 0 Å². The second-order valence-electron chi connectivity index (χ2n) is 11.6. The number of anilines is 1. The molecule has 0 heterocycles. The molecule has 1 aliphatic rings. The van der Waals surface area contributed by atoms with Crippen LogP contribution < -0.4 is 15.5 Å². The van der Waals surface area contributed by atoms with Crippen molar-refractivity contribution < 1.29 is 28.3 Å². The molecule has 0 saturated heterocycles. The highest BCUT2D eigenvalue weighted by Crippen LogP contribution is 2.33. The van der Waals surface area contributed by atoms with Crippen molar-refractivity contribution in [2.75, 3.05) is 11.4 Å². The highest BCUT2D eigenvalue weighted by atomic mass is 19.3. The fourth-order valence-corrected chi connectivity index (χ4v) is 5.80. The Labute approximate surface area is 267 Å². The van der Waals surface area contributed by atoms with Gasteiger partial charge >= 0.3 is 17.9 Å². The predicted octanol–water partition coefficient (Wildman–Crippen LogP) is 7.77. The van der Waals surface area contributed by atoms with Crippen LogP contribution in [0.3, 0.4) is 0 Å². The maximum absolute atomic E-state index is 13.8. The zero-order valence-electron chi connectivity index (χ0n) is 25.4. The molecular formula is C37H37F2N3O4. The SMILES string of the molecule is O=C(NCC(F)(F)C(=O)O)c1ccc(CN(C(=O)NCc2ccccc2-c2ccccc2)c2ccc(C3CCCCC3)cc2)cc1. The van der Waals surface area contributed by atoms with E-state index in [2.05, 4.69) is 17.4 Å². The first-order valence-corrected chi connectivity index (χ1v) is 15.5. The van der Waals surface area contributed by atoms with Gasteiger partial charge in [0.2, 0.25) is 0 Å². The zero-order chi connectivity index (χ0) is 32.5. The average molecular weight is 626 g/mol. The number of carbonyl (C=O) groups is 3. The van der Waals surface area contributed by atoms with Gasteiger partial charge in [0, 0.05) is 17.8 Å². The maximum Gasteiger partial charge on any atom is 0.376 e. The van der Waals surface area contributed by atoms with Crippen LogP contribution in [0.2, 0.25) is 0 Å². The number of nitrogens with zero attached hydrogens (tertiary/aromatic N) is 1. The molecular weight excluding hydrogens is 588 g/mol. The summed E-state index contributed by atoms with van der Waals surface area (Å²) in [5.74, 6) is -6.68. The van der Waals surface area contributed by atoms with Gasteiger partial charge in [-0.2, -0.15) is 8.78 Å². The van der Waals surface area contributed by atoms with Crippen LogP contribution in [0.4, 0.5) is 19.3 Å². The van der Waals surface area contributed by atoms with E-state index in [0.717, 1.165) is 29.5 Å². The molecule has 238 valence electrons. The fourth-order valence-electron chi connectivity index (χ4n) is 5.80. The molecule has 4 aromatic rings. The summed E-state index contributed by atoms with van der Waals surface area (Å²) in [5, 5.41) is 13.6. The van der Waals surface area contributed by atoms with E-state index in [-0.39, 0.29) is 18.1 Å². The molecule has 0 spiro atoms. The largest absolute Gasteiger partial charge is 0.477 e. The first-order valence-electron chi connectivity index (χ1n) is 15.5. The van der Waals surface area contributed by atoms with Gasteiger partial charge in [0.25, 0.3) is 5.91 Å². The molecule has 3 N–H and O–H groups in total. The van der Waals surface area contributed by atoms with Crippen molar-refractivity contribution >= 4 is 23.6 Å². The molecule has 46 heavy (non-hydrogen) atoms. The lowest BCUT2D eigenvalue weighted by Crippen LogP contribution is -2.42. The van der Waals surface area contributed by atoms with E-state index in [1.54, 1.807) is 17.0 Å². The molecule has 0 bridgehead atoms. The number of alkyl halides is 2. The molecule has 0 unspecified atom stereocenters. The molecule has 5 rings (SSSR count). The van der Waals surface area contributed by atoms with Gasteiger partial charge in [-0.25, -0.2) is 9.59 Å². The summed E-state index contributed by atoms with van der Waals surface area (Å²) in [6, 6.07) is 31.9. The molecule has 0 aromatic heterocycles. The number of urea groups is 1. The molecule has 4 aromatic carbocycles. The van der Waals surface area contributed by atoms with E-state index in [4.69, 9.17) is 5.11 Å². The number of carbonyl (C=O) groups excluding carboxylic acids is 2. The molecule has 1 aliphatic carbocycles. The quantitative estimate of drug-likeness (QED) is 0.159. The Kier molecular flexibility index (Phi) is 10.4. The number of hydrogen-bond donors (Lipinski definition) is 3. The van der Waals surface area contributed by atoms with Crippen LogP contribution in [0.25, 0.3) is 11.1 Å². The highest BCUT2D eigenvalue weighted by molar-refractivity contribution is 5.95. The first-order chi connectivity index (χ1) is 22.2. The number of nitrogens with one attached hydrogen (secondary N) is 2. The van der Waals surface area contributed by atoms with Gasteiger partial charge in [0.05, 0.1) is 13.1 Å². The molecule has 1 saturated carbocycles. The maximum atomic E-state index is 13.8. The Morgan fingerprint density at radius 2 is 1.43 bits per heavy atom. The van der Waals surface area contributed by atoms with Gasteiger partial charge in [-0.15, -0.1) is 0 Å². The van der Waals surface area contributed by atoms with Crippen molar-refractivity contribution in [3.05, 3.63) is 125 Å². The number of carboxylic acids is 1. The molecule has 7 nitrogen and oxygen atoms in total. The molecule has 1 fully saturated rings. The standard InChI is InChI=1S/C37H37F2N3O4/c38-37(39,35(44)45)25-41-34(43)30-17-15-26(16-18-30)24-42(32-21-19-28(20-22-32)27-9-3-1-4-10-27)36(46)40-23-31-13-7-8-14-33(31)29-11-5-2-6-12-29/h2,5-8,11-22,27H,1,3-4,9-10,23-25H2,(H,40,46)(H,41,43)(H,44,45). The predicted molar refractivity (Wildman–Crippen MR) is 174 cm³/mol. The summed E-state index contributed by atoms with van der Waals surface area (Å²) in [6.07, 6.45) is 6.05. The van der Waals surface area contributed by atoms with Crippen molar-refractivity contribution in [2.45, 2.75) is 57.0 Å². The van der Waals surface area contributed by atoms with Crippen molar-refractivity contribution in [3.8, 4) is 11.1 Å². The van der Waals surface area contributed by atoms with Gasteiger partial charge in [0.1, 0.15) is 0 Å². The summed E-state index contributed by atoms with van der Waals surface area (Å²) in [6.45, 7) is -0.824. The van der Waals surface area contributed by atoms with E-state index in [9.17, 15) is 23.2 Å².